The molecule has 160 valence electrons. The SMILES string of the molecule is CCOc1cc(/C=C2\SC(=O)N(Cc3ccccc3C#N)C2=O)ccc1OCC(C)C. The van der Waals surface area contributed by atoms with Crippen LogP contribution >= 0.6 is 11.8 Å². The molecule has 2 aromatic rings. The van der Waals surface area contributed by atoms with Crippen molar-refractivity contribution >= 4 is 29.0 Å². The van der Waals surface area contributed by atoms with Crippen LogP contribution in [0.2, 0.25) is 0 Å². The maximum absolute atomic E-state index is 12.9. The van der Waals surface area contributed by atoms with E-state index in [1.165, 1.54) is 0 Å². The maximum Gasteiger partial charge on any atom is 0.293 e. The Morgan fingerprint density at radius 2 is 1.90 bits per heavy atom. The Balaban J connectivity index is 1.82. The minimum Gasteiger partial charge on any atom is -0.490 e. The largest absolute Gasteiger partial charge is 0.490 e. The lowest BCUT2D eigenvalue weighted by molar-refractivity contribution is -0.123. The van der Waals surface area contributed by atoms with Crippen LogP contribution in [0.25, 0.3) is 6.08 Å². The second kappa shape index (κ2) is 10.2. The number of benzene rings is 2. The van der Waals surface area contributed by atoms with Gasteiger partial charge >= 0.3 is 0 Å². The Hall–Kier alpha value is -3.24. The van der Waals surface area contributed by atoms with E-state index in [0.717, 1.165) is 22.2 Å². The summed E-state index contributed by atoms with van der Waals surface area (Å²) in [6, 6.07) is 14.5. The fraction of sp³-hybridized carbons (Fsp3) is 0.292. The normalized spacial score (nSPS) is 14.9. The Bertz CT molecular complexity index is 1060. The molecule has 2 aromatic carbocycles. The highest BCUT2D eigenvalue weighted by Crippen LogP contribution is 2.35. The first-order chi connectivity index (χ1) is 14.9. The van der Waals surface area contributed by atoms with Crippen molar-refractivity contribution in [1.29, 1.82) is 5.26 Å². The summed E-state index contributed by atoms with van der Waals surface area (Å²) in [7, 11) is 0. The molecule has 2 amide bonds. The number of rotatable bonds is 8. The van der Waals surface area contributed by atoms with Gasteiger partial charge in [0.2, 0.25) is 0 Å². The molecule has 1 aliphatic heterocycles. The van der Waals surface area contributed by atoms with E-state index in [2.05, 4.69) is 19.9 Å². The van der Waals surface area contributed by atoms with Gasteiger partial charge in [-0.1, -0.05) is 38.1 Å². The number of hydrogen-bond donors (Lipinski definition) is 0. The van der Waals surface area contributed by atoms with Crippen LogP contribution in [0.1, 0.15) is 37.5 Å². The zero-order valence-electron chi connectivity index (χ0n) is 17.8. The summed E-state index contributed by atoms with van der Waals surface area (Å²) in [5.41, 5.74) is 1.82. The smallest absolute Gasteiger partial charge is 0.293 e. The van der Waals surface area contributed by atoms with E-state index in [1.54, 1.807) is 36.4 Å². The average molecular weight is 437 g/mol. The molecule has 0 unspecified atom stereocenters. The molecule has 1 saturated heterocycles. The van der Waals surface area contributed by atoms with E-state index in [0.29, 0.717) is 46.7 Å². The van der Waals surface area contributed by atoms with Crippen molar-refractivity contribution in [2.75, 3.05) is 13.2 Å². The molecule has 6 nitrogen and oxygen atoms in total. The summed E-state index contributed by atoms with van der Waals surface area (Å²) < 4.78 is 11.5. The molecule has 0 radical (unpaired) electrons. The van der Waals surface area contributed by atoms with Crippen molar-refractivity contribution in [3.63, 3.8) is 0 Å². The standard InChI is InChI=1S/C24H24N2O4S/c1-4-29-21-11-17(9-10-20(21)30-15-16(2)3)12-22-23(27)26(24(28)31-22)14-19-8-6-5-7-18(19)13-25/h5-12,16H,4,14-15H2,1-3H3/b22-12-. The van der Waals surface area contributed by atoms with Crippen LogP contribution in [-0.4, -0.2) is 29.3 Å². The minimum atomic E-state index is -0.374. The van der Waals surface area contributed by atoms with Gasteiger partial charge in [-0.15, -0.1) is 0 Å². The van der Waals surface area contributed by atoms with Crippen LogP contribution in [0.4, 0.5) is 4.79 Å². The van der Waals surface area contributed by atoms with E-state index in [9.17, 15) is 14.9 Å². The Labute approximate surface area is 186 Å². The van der Waals surface area contributed by atoms with Crippen LogP contribution in [0.5, 0.6) is 11.5 Å². The van der Waals surface area contributed by atoms with Crippen LogP contribution in [0.15, 0.2) is 47.4 Å². The van der Waals surface area contributed by atoms with Crippen LogP contribution in [0.3, 0.4) is 0 Å². The predicted octanol–water partition coefficient (Wildman–Crippen LogP) is 5.23. The molecule has 0 bridgehead atoms. The Morgan fingerprint density at radius 3 is 2.61 bits per heavy atom. The molecule has 0 aromatic heterocycles. The molecule has 1 fully saturated rings. The Kier molecular flexibility index (Phi) is 7.37. The first kappa shape index (κ1) is 22.4. The third kappa shape index (κ3) is 5.47. The number of nitrogens with zero attached hydrogens (tertiary/aromatic N) is 2. The second-order valence-electron chi connectivity index (χ2n) is 7.38. The van der Waals surface area contributed by atoms with Crippen molar-refractivity contribution in [1.82, 2.24) is 4.90 Å². The quantitative estimate of drug-likeness (QED) is 0.527. The molecule has 0 atom stereocenters. The number of hydrogen-bond acceptors (Lipinski definition) is 6. The first-order valence-corrected chi connectivity index (χ1v) is 10.9. The summed E-state index contributed by atoms with van der Waals surface area (Å²) in [5.74, 6) is 1.25. The van der Waals surface area contributed by atoms with Crippen molar-refractivity contribution in [3.8, 4) is 17.6 Å². The molecule has 0 spiro atoms. The molecule has 3 rings (SSSR count). The predicted molar refractivity (Wildman–Crippen MR) is 121 cm³/mol. The average Bonchev–Trinajstić information content (AvgIpc) is 3.01. The molecular formula is C24H24N2O4S. The van der Waals surface area contributed by atoms with Crippen molar-refractivity contribution in [2.45, 2.75) is 27.3 Å². The van der Waals surface area contributed by atoms with E-state index >= 15 is 0 Å². The van der Waals surface area contributed by atoms with Crippen LogP contribution in [0, 0.1) is 17.2 Å². The van der Waals surface area contributed by atoms with E-state index in [-0.39, 0.29) is 17.7 Å². The summed E-state index contributed by atoms with van der Waals surface area (Å²) in [6.45, 7) is 7.15. The van der Waals surface area contributed by atoms with E-state index < -0.39 is 0 Å². The first-order valence-electron chi connectivity index (χ1n) is 10.1. The van der Waals surface area contributed by atoms with Gasteiger partial charge in [-0.3, -0.25) is 14.5 Å². The molecule has 0 N–H and O–H groups in total. The van der Waals surface area contributed by atoms with Crippen molar-refractivity contribution < 1.29 is 19.1 Å². The molecule has 31 heavy (non-hydrogen) atoms. The zero-order chi connectivity index (χ0) is 22.4. The lowest BCUT2D eigenvalue weighted by Crippen LogP contribution is -2.27. The third-order valence-electron chi connectivity index (χ3n) is 4.48. The molecule has 0 aliphatic carbocycles. The molecule has 7 heteroatoms. The fourth-order valence-electron chi connectivity index (χ4n) is 2.98. The van der Waals surface area contributed by atoms with Gasteiger partial charge in [-0.25, -0.2) is 0 Å². The van der Waals surface area contributed by atoms with Gasteiger partial charge in [-0.2, -0.15) is 5.26 Å². The molecule has 1 aliphatic rings. The second-order valence-corrected chi connectivity index (χ2v) is 8.37. The number of amides is 2. The summed E-state index contributed by atoms with van der Waals surface area (Å²) >= 11 is 0.890. The highest BCUT2D eigenvalue weighted by molar-refractivity contribution is 8.18. The highest BCUT2D eigenvalue weighted by Gasteiger charge is 2.35. The topological polar surface area (TPSA) is 79.6 Å². The zero-order valence-corrected chi connectivity index (χ0v) is 18.6. The summed E-state index contributed by atoms with van der Waals surface area (Å²) in [4.78, 5) is 26.8. The Morgan fingerprint density at radius 1 is 1.13 bits per heavy atom. The van der Waals surface area contributed by atoms with Crippen molar-refractivity contribution in [3.05, 3.63) is 64.1 Å². The fourth-order valence-corrected chi connectivity index (χ4v) is 3.82. The van der Waals surface area contributed by atoms with Gasteiger partial charge in [0.15, 0.2) is 11.5 Å². The minimum absolute atomic E-state index is 0.0674. The van der Waals surface area contributed by atoms with Crippen molar-refractivity contribution in [2.24, 2.45) is 5.92 Å². The van der Waals surface area contributed by atoms with Gasteiger partial charge in [0.1, 0.15) is 0 Å². The maximum atomic E-state index is 12.9. The lowest BCUT2D eigenvalue weighted by atomic mass is 10.1. The number of imide groups is 1. The number of carbonyl (C=O) groups excluding carboxylic acids is 2. The molecule has 0 saturated carbocycles. The molecular weight excluding hydrogens is 412 g/mol. The highest BCUT2D eigenvalue weighted by atomic mass is 32.2. The van der Waals surface area contributed by atoms with Crippen LogP contribution < -0.4 is 9.47 Å². The number of ether oxygens (including phenoxy) is 2. The summed E-state index contributed by atoms with van der Waals surface area (Å²) in [5, 5.41) is 8.90. The monoisotopic (exact) mass is 436 g/mol. The lowest BCUT2D eigenvalue weighted by Gasteiger charge is -2.14. The van der Waals surface area contributed by atoms with Crippen LogP contribution in [-0.2, 0) is 11.3 Å². The van der Waals surface area contributed by atoms with Gasteiger partial charge in [0, 0.05) is 0 Å². The number of thioether (sulfide) groups is 1. The van der Waals surface area contributed by atoms with E-state index in [1.807, 2.05) is 19.1 Å². The van der Waals surface area contributed by atoms with Gasteiger partial charge < -0.3 is 9.47 Å². The number of nitriles is 1. The van der Waals surface area contributed by atoms with Gasteiger partial charge in [-0.05, 0) is 60.0 Å². The van der Waals surface area contributed by atoms with Gasteiger partial charge in [0.05, 0.1) is 36.3 Å². The van der Waals surface area contributed by atoms with Gasteiger partial charge in [0.25, 0.3) is 11.1 Å². The number of carbonyl (C=O) groups is 2. The molecule has 1 heterocycles. The summed E-state index contributed by atoms with van der Waals surface area (Å²) in [6.07, 6.45) is 1.68. The van der Waals surface area contributed by atoms with E-state index in [4.69, 9.17) is 9.47 Å². The third-order valence-corrected chi connectivity index (χ3v) is 5.38.